The van der Waals surface area contributed by atoms with Crippen LogP contribution in [0.5, 0.6) is 0 Å². The Hall–Kier alpha value is -8.02. The molecule has 0 N–H and O–H groups in total. The summed E-state index contributed by atoms with van der Waals surface area (Å²) in [5.74, 6) is 0.718. The summed E-state index contributed by atoms with van der Waals surface area (Å²) in [6, 6.07) is 70.4. The van der Waals surface area contributed by atoms with Gasteiger partial charge in [0.15, 0.2) is 5.82 Å². The van der Waals surface area contributed by atoms with E-state index in [-0.39, 0.29) is 5.41 Å². The van der Waals surface area contributed by atoms with Crippen LogP contribution in [0, 0.1) is 0 Å². The highest BCUT2D eigenvalue weighted by atomic mass is 15.2. The molecule has 294 valence electrons. The predicted octanol–water partition coefficient (Wildman–Crippen LogP) is 14.6. The maximum atomic E-state index is 4.51. The van der Waals surface area contributed by atoms with E-state index < -0.39 is 0 Å². The molecule has 8 aromatic carbocycles. The van der Waals surface area contributed by atoms with Gasteiger partial charge in [0.1, 0.15) is 0 Å². The summed E-state index contributed by atoms with van der Waals surface area (Å²) in [7, 11) is 0. The Bertz CT molecular complexity index is 3460. The lowest BCUT2D eigenvalue weighted by Crippen LogP contribution is -2.30. The summed E-state index contributed by atoms with van der Waals surface area (Å²) in [5.41, 5.74) is 17.4. The van der Waals surface area contributed by atoms with Crippen molar-refractivity contribution in [2.24, 2.45) is 0 Å². The molecular formula is C57H41N5. The van der Waals surface area contributed by atoms with Crippen LogP contribution in [0.25, 0.3) is 77.7 Å². The predicted molar refractivity (Wildman–Crippen MR) is 256 cm³/mol. The Morgan fingerprint density at radius 3 is 1.65 bits per heavy atom. The number of anilines is 3. The van der Waals surface area contributed by atoms with Gasteiger partial charge >= 0.3 is 0 Å². The second-order valence-electron chi connectivity index (χ2n) is 16.7. The molecule has 0 bridgehead atoms. The standard InChI is InChI=1S/C57H41N5/c1-57(2)49-36-41(38-13-6-3-7-14-38)22-28-53(49)61(45-24-19-39(20-25-45)56-58-32-12-33-59-56)54-29-23-42(37-50(54)57)40-21-27-52-48(35-40)46-26-30-51-47(31-34-60(51)43-15-8-4-9-16-43)55(46)62(52)44-17-10-5-11-18-44/h3-37H,1-2H3. The van der Waals surface area contributed by atoms with Crippen molar-refractivity contribution in [2.75, 3.05) is 4.90 Å². The van der Waals surface area contributed by atoms with Crippen LogP contribution in [0.15, 0.2) is 213 Å². The van der Waals surface area contributed by atoms with Crippen molar-refractivity contribution in [3.63, 3.8) is 0 Å². The van der Waals surface area contributed by atoms with Crippen LogP contribution in [0.1, 0.15) is 25.0 Å². The Morgan fingerprint density at radius 2 is 0.968 bits per heavy atom. The topological polar surface area (TPSA) is 38.9 Å². The monoisotopic (exact) mass is 795 g/mol. The molecule has 0 saturated heterocycles. The van der Waals surface area contributed by atoms with Crippen LogP contribution in [0.2, 0.25) is 0 Å². The second-order valence-corrected chi connectivity index (χ2v) is 16.7. The first kappa shape index (κ1) is 35.9. The normalized spacial score (nSPS) is 13.1. The molecule has 4 heterocycles. The Morgan fingerprint density at radius 1 is 0.403 bits per heavy atom. The van der Waals surface area contributed by atoms with E-state index in [1.165, 1.54) is 77.5 Å². The molecule has 0 aliphatic carbocycles. The fourth-order valence-electron chi connectivity index (χ4n) is 9.78. The van der Waals surface area contributed by atoms with E-state index in [0.717, 1.165) is 28.5 Å². The molecule has 0 amide bonds. The molecule has 12 rings (SSSR count). The summed E-state index contributed by atoms with van der Waals surface area (Å²) < 4.78 is 4.73. The number of nitrogens with zero attached hydrogens (tertiary/aromatic N) is 5. The van der Waals surface area contributed by atoms with E-state index in [1.54, 1.807) is 12.4 Å². The molecule has 0 atom stereocenters. The van der Waals surface area contributed by atoms with Gasteiger partial charge in [0.05, 0.1) is 27.9 Å². The summed E-state index contributed by atoms with van der Waals surface area (Å²) >= 11 is 0. The molecular weight excluding hydrogens is 755 g/mol. The first-order valence-electron chi connectivity index (χ1n) is 21.2. The third-order valence-electron chi connectivity index (χ3n) is 12.9. The van der Waals surface area contributed by atoms with E-state index in [0.29, 0.717) is 0 Å². The lowest BCUT2D eigenvalue weighted by atomic mass is 9.72. The minimum Gasteiger partial charge on any atom is -0.316 e. The van der Waals surface area contributed by atoms with Gasteiger partial charge in [-0.2, -0.15) is 0 Å². The van der Waals surface area contributed by atoms with Gasteiger partial charge in [0.2, 0.25) is 0 Å². The quantitative estimate of drug-likeness (QED) is 0.168. The van der Waals surface area contributed by atoms with Crippen molar-refractivity contribution >= 4 is 49.8 Å². The molecule has 0 unspecified atom stereocenters. The number of hydrogen-bond acceptors (Lipinski definition) is 3. The SMILES string of the molecule is CC1(C)c2cc(-c3ccccc3)ccc2N(c2ccc(-c3ncccn3)cc2)c2ccc(-c3ccc4c(c3)c3ccc5c(ccn5-c5ccccc5)c3n4-c3ccccc3)cc21. The molecule has 0 saturated carbocycles. The van der Waals surface area contributed by atoms with E-state index in [4.69, 9.17) is 0 Å². The molecule has 0 radical (unpaired) electrons. The first-order chi connectivity index (χ1) is 30.5. The second kappa shape index (κ2) is 14.0. The van der Waals surface area contributed by atoms with E-state index in [9.17, 15) is 0 Å². The van der Waals surface area contributed by atoms with E-state index >= 15 is 0 Å². The molecule has 1 aliphatic rings. The summed E-state index contributed by atoms with van der Waals surface area (Å²) in [6.07, 6.45) is 5.78. The average molecular weight is 796 g/mol. The summed E-state index contributed by atoms with van der Waals surface area (Å²) in [6.45, 7) is 4.75. The lowest BCUT2D eigenvalue weighted by molar-refractivity contribution is 0.632. The molecule has 62 heavy (non-hydrogen) atoms. The molecule has 5 heteroatoms. The number of fused-ring (bicyclic) bond motifs is 7. The van der Waals surface area contributed by atoms with Crippen molar-refractivity contribution in [2.45, 2.75) is 19.3 Å². The van der Waals surface area contributed by atoms with Crippen LogP contribution < -0.4 is 4.90 Å². The number of para-hydroxylation sites is 2. The zero-order valence-electron chi connectivity index (χ0n) is 34.4. The molecule has 1 aliphatic heterocycles. The highest BCUT2D eigenvalue weighted by Crippen LogP contribution is 2.54. The van der Waals surface area contributed by atoms with Crippen molar-refractivity contribution in [1.29, 1.82) is 0 Å². The largest absolute Gasteiger partial charge is 0.316 e. The first-order valence-corrected chi connectivity index (χ1v) is 21.2. The number of aromatic nitrogens is 4. The molecule has 5 nitrogen and oxygen atoms in total. The Labute approximate surface area is 360 Å². The fraction of sp³-hybridized carbons (Fsp3) is 0.0526. The number of rotatable bonds is 6. The average Bonchev–Trinajstić information content (AvgIpc) is 3.92. The van der Waals surface area contributed by atoms with E-state index in [1.807, 2.05) is 6.07 Å². The van der Waals surface area contributed by atoms with Gasteiger partial charge < -0.3 is 14.0 Å². The van der Waals surface area contributed by atoms with Crippen LogP contribution in [-0.2, 0) is 5.41 Å². The summed E-state index contributed by atoms with van der Waals surface area (Å²) in [4.78, 5) is 11.4. The molecule has 11 aromatic rings. The zero-order valence-corrected chi connectivity index (χ0v) is 34.4. The van der Waals surface area contributed by atoms with Crippen LogP contribution in [0.4, 0.5) is 17.1 Å². The lowest BCUT2D eigenvalue weighted by Gasteiger charge is -2.42. The van der Waals surface area contributed by atoms with Gasteiger partial charge in [-0.05, 0) is 137 Å². The van der Waals surface area contributed by atoms with Crippen molar-refractivity contribution in [1.82, 2.24) is 19.1 Å². The van der Waals surface area contributed by atoms with Crippen molar-refractivity contribution in [3.05, 3.63) is 224 Å². The van der Waals surface area contributed by atoms with E-state index in [2.05, 4.69) is 232 Å². The smallest absolute Gasteiger partial charge is 0.159 e. The van der Waals surface area contributed by atoms with Crippen LogP contribution >= 0.6 is 0 Å². The molecule has 0 fully saturated rings. The van der Waals surface area contributed by atoms with Gasteiger partial charge in [-0.1, -0.05) is 105 Å². The zero-order chi connectivity index (χ0) is 41.4. The minimum absolute atomic E-state index is 0.301. The van der Waals surface area contributed by atoms with Crippen molar-refractivity contribution in [3.8, 4) is 45.0 Å². The Balaban J connectivity index is 1.03. The van der Waals surface area contributed by atoms with Crippen molar-refractivity contribution < 1.29 is 0 Å². The highest BCUT2D eigenvalue weighted by molar-refractivity contribution is 6.19. The summed E-state index contributed by atoms with van der Waals surface area (Å²) in [5, 5.41) is 3.69. The maximum absolute atomic E-state index is 4.51. The molecule has 0 spiro atoms. The van der Waals surface area contributed by atoms with Gasteiger partial charge in [-0.3, -0.25) is 0 Å². The van der Waals surface area contributed by atoms with Gasteiger partial charge in [0.25, 0.3) is 0 Å². The van der Waals surface area contributed by atoms with Gasteiger partial charge in [0, 0.05) is 62.8 Å². The number of hydrogen-bond donors (Lipinski definition) is 0. The molecule has 3 aromatic heterocycles. The highest BCUT2D eigenvalue weighted by Gasteiger charge is 2.37. The van der Waals surface area contributed by atoms with Crippen LogP contribution in [-0.4, -0.2) is 19.1 Å². The third kappa shape index (κ3) is 5.62. The maximum Gasteiger partial charge on any atom is 0.159 e. The number of benzene rings is 8. The third-order valence-corrected chi connectivity index (χ3v) is 12.9. The fourth-order valence-corrected chi connectivity index (χ4v) is 9.78. The van der Waals surface area contributed by atoms with Crippen LogP contribution in [0.3, 0.4) is 0 Å². The van der Waals surface area contributed by atoms with Gasteiger partial charge in [-0.15, -0.1) is 0 Å². The van der Waals surface area contributed by atoms with Gasteiger partial charge in [-0.25, -0.2) is 9.97 Å². The minimum atomic E-state index is -0.301. The Kier molecular flexibility index (Phi) is 8.12.